The van der Waals surface area contributed by atoms with Crippen molar-refractivity contribution in [2.45, 2.75) is 29.2 Å². The minimum atomic E-state index is 0. The van der Waals surface area contributed by atoms with Gasteiger partial charge < -0.3 is 18.0 Å². The van der Waals surface area contributed by atoms with E-state index in [1.807, 2.05) is 0 Å². The van der Waals surface area contributed by atoms with Gasteiger partial charge in [-0.05, 0) is 12.8 Å². The molecular formula is C6H16N6S2. The maximum Gasteiger partial charge on any atom is 0.188 e. The van der Waals surface area contributed by atoms with Crippen LogP contribution in [0.25, 0.3) is 0 Å². The molecule has 0 aliphatic heterocycles. The lowest BCUT2D eigenvalue weighted by atomic mass is 10.8. The molecule has 1 aromatic heterocycles. The van der Waals surface area contributed by atoms with Gasteiger partial charge in [0.1, 0.15) is 6.33 Å². The van der Waals surface area contributed by atoms with Gasteiger partial charge in [0.25, 0.3) is 0 Å². The van der Waals surface area contributed by atoms with Gasteiger partial charge in [-0.25, -0.2) is 9.97 Å². The molecule has 0 bridgehead atoms. The van der Waals surface area contributed by atoms with Gasteiger partial charge in [-0.2, -0.15) is 4.98 Å². The van der Waals surface area contributed by atoms with E-state index >= 15 is 0 Å². The molecule has 1 aliphatic rings. The minimum absolute atomic E-state index is 0. The Kier molecular flexibility index (Phi) is 9.10. The van der Waals surface area contributed by atoms with Gasteiger partial charge in [-0.15, -0.1) is 25.3 Å². The molecule has 1 fully saturated rings. The van der Waals surface area contributed by atoms with E-state index in [4.69, 9.17) is 5.73 Å². The van der Waals surface area contributed by atoms with Gasteiger partial charge in [-0.1, -0.05) is 0 Å². The van der Waals surface area contributed by atoms with E-state index in [1.165, 1.54) is 19.2 Å². The lowest BCUT2D eigenvalue weighted by molar-refractivity contribution is 0.807. The van der Waals surface area contributed by atoms with Gasteiger partial charge in [0.05, 0.1) is 0 Å². The van der Waals surface area contributed by atoms with E-state index in [1.54, 1.807) is 0 Å². The van der Waals surface area contributed by atoms with Crippen molar-refractivity contribution < 1.29 is 0 Å². The summed E-state index contributed by atoms with van der Waals surface area (Å²) in [6.45, 7) is 0. The van der Waals surface area contributed by atoms with Crippen molar-refractivity contribution in [1.29, 1.82) is 0 Å². The Bertz CT molecular complexity index is 237. The molecule has 1 saturated carbocycles. The average Bonchev–Trinajstić information content (AvgIpc) is 2.72. The predicted octanol–water partition coefficient (Wildman–Crippen LogP) is 0.880. The molecule has 2 rings (SSSR count). The lowest BCUT2D eigenvalue weighted by Crippen LogP contribution is -1.94. The molecule has 0 atom stereocenters. The molecule has 1 heterocycles. The summed E-state index contributed by atoms with van der Waals surface area (Å²) in [4.78, 5) is 10.9. The fourth-order valence-corrected chi connectivity index (χ4v) is 0.747. The summed E-state index contributed by atoms with van der Waals surface area (Å²) in [6.07, 6.45) is 3.89. The zero-order valence-corrected chi connectivity index (χ0v) is 9.59. The van der Waals surface area contributed by atoms with Crippen molar-refractivity contribution in [2.24, 2.45) is 5.73 Å². The van der Waals surface area contributed by atoms with E-state index in [0.29, 0.717) is 16.4 Å². The van der Waals surface area contributed by atoms with E-state index < -0.39 is 0 Å². The smallest absolute Gasteiger partial charge is 0.188 e. The highest BCUT2D eigenvalue weighted by atomic mass is 32.1. The monoisotopic (exact) mass is 236 g/mol. The van der Waals surface area contributed by atoms with Crippen LogP contribution in [0.5, 0.6) is 0 Å². The molecule has 0 radical (unpaired) electrons. The van der Waals surface area contributed by atoms with Crippen LogP contribution in [0, 0.1) is 0 Å². The Balaban J connectivity index is 0. The molecule has 0 saturated heterocycles. The number of hydrogen-bond acceptors (Lipinski definition) is 8. The van der Waals surface area contributed by atoms with Crippen LogP contribution in [0.15, 0.2) is 16.6 Å². The van der Waals surface area contributed by atoms with Crippen molar-refractivity contribution in [3.05, 3.63) is 6.33 Å². The molecule has 82 valence electrons. The number of nitrogens with zero attached hydrogens (tertiary/aromatic N) is 3. The topological polar surface area (TPSA) is 135 Å². The first-order chi connectivity index (χ1) is 5.68. The Morgan fingerprint density at radius 1 is 1.14 bits per heavy atom. The van der Waals surface area contributed by atoms with E-state index in [2.05, 4.69) is 40.2 Å². The van der Waals surface area contributed by atoms with Crippen LogP contribution in [0.2, 0.25) is 0 Å². The average molecular weight is 236 g/mol. The van der Waals surface area contributed by atoms with Gasteiger partial charge in [0.2, 0.25) is 0 Å². The molecule has 1 aliphatic carbocycles. The summed E-state index contributed by atoms with van der Waals surface area (Å²) in [7, 11) is 0. The number of thiol groups is 2. The highest BCUT2D eigenvalue weighted by molar-refractivity contribution is 7.80. The maximum absolute atomic E-state index is 5.22. The predicted molar refractivity (Wildman–Crippen MR) is 61.6 cm³/mol. The summed E-state index contributed by atoms with van der Waals surface area (Å²) < 4.78 is 0. The molecule has 14 heavy (non-hydrogen) atoms. The van der Waals surface area contributed by atoms with Gasteiger partial charge >= 0.3 is 0 Å². The van der Waals surface area contributed by atoms with Crippen molar-refractivity contribution >= 4 is 25.3 Å². The first kappa shape index (κ1) is 16.0. The third-order valence-corrected chi connectivity index (χ3v) is 1.60. The van der Waals surface area contributed by atoms with E-state index in [-0.39, 0.29) is 12.3 Å². The van der Waals surface area contributed by atoms with Crippen LogP contribution in [0.3, 0.4) is 0 Å². The molecule has 0 spiro atoms. The zero-order chi connectivity index (χ0) is 8.97. The quantitative estimate of drug-likeness (QED) is 0.424. The Morgan fingerprint density at radius 2 is 1.50 bits per heavy atom. The summed E-state index contributed by atoms with van der Waals surface area (Å²) in [5.74, 6) is 0. The molecule has 8 heteroatoms. The second-order valence-electron chi connectivity index (χ2n) is 2.42. The number of aromatic nitrogens is 3. The second kappa shape index (κ2) is 7.94. The Morgan fingerprint density at radius 3 is 1.64 bits per heavy atom. The van der Waals surface area contributed by atoms with Gasteiger partial charge in [-0.3, -0.25) is 0 Å². The highest BCUT2D eigenvalue weighted by Gasteiger charge is 2.13. The fraction of sp³-hybridized carbons (Fsp3) is 0.500. The minimum Gasteiger partial charge on any atom is -0.344 e. The number of rotatable bonds is 0. The van der Waals surface area contributed by atoms with E-state index in [9.17, 15) is 0 Å². The fourth-order valence-electron chi connectivity index (χ4n) is 0.376. The normalized spacial score (nSPS) is 12.8. The number of nitrogens with two attached hydrogens (primary N) is 1. The van der Waals surface area contributed by atoms with Crippen LogP contribution in [0.4, 0.5) is 0 Å². The van der Waals surface area contributed by atoms with Crippen molar-refractivity contribution in [3.63, 3.8) is 0 Å². The second-order valence-corrected chi connectivity index (χ2v) is 3.22. The summed E-state index contributed by atoms with van der Waals surface area (Å²) in [5, 5.41) is 0.787. The Labute approximate surface area is 94.1 Å². The van der Waals surface area contributed by atoms with E-state index in [0.717, 1.165) is 0 Å². The van der Waals surface area contributed by atoms with Crippen molar-refractivity contribution in [1.82, 2.24) is 27.3 Å². The molecule has 0 amide bonds. The highest BCUT2D eigenvalue weighted by Crippen LogP contribution is 2.13. The van der Waals surface area contributed by atoms with Crippen LogP contribution < -0.4 is 18.0 Å². The molecule has 8 N–H and O–H groups in total. The van der Waals surface area contributed by atoms with Crippen LogP contribution in [-0.4, -0.2) is 21.0 Å². The Hall–Kier alpha value is -0.410. The first-order valence-electron chi connectivity index (χ1n) is 3.51. The first-order valence-corrected chi connectivity index (χ1v) is 4.40. The maximum atomic E-state index is 5.22. The van der Waals surface area contributed by atoms with Crippen LogP contribution in [-0.2, 0) is 0 Å². The van der Waals surface area contributed by atoms with Crippen LogP contribution in [0.1, 0.15) is 12.8 Å². The van der Waals surface area contributed by atoms with Crippen molar-refractivity contribution in [3.8, 4) is 0 Å². The molecular weight excluding hydrogens is 220 g/mol. The SMILES string of the molecule is N.N.NC1CC1.Sc1ncnc(S)n1. The summed E-state index contributed by atoms with van der Waals surface area (Å²) in [6, 6.07) is 0.583. The molecule has 0 aromatic carbocycles. The molecule has 0 unspecified atom stereocenters. The standard InChI is InChI=1S/C3H3N3S2.C3H7N.2H3N/c7-2-4-1-5-3(8)6-2;4-3-1-2-3;;/h1H,(H2,4,5,6,7,8);3H,1-2,4H2;2*1H3. The number of hydrogen-bond donors (Lipinski definition) is 5. The van der Waals surface area contributed by atoms with Crippen molar-refractivity contribution in [2.75, 3.05) is 0 Å². The van der Waals surface area contributed by atoms with Crippen LogP contribution >= 0.6 is 25.3 Å². The molecule has 6 nitrogen and oxygen atoms in total. The van der Waals surface area contributed by atoms with Gasteiger partial charge in [0, 0.05) is 6.04 Å². The third kappa shape index (κ3) is 8.20. The van der Waals surface area contributed by atoms with Gasteiger partial charge in [0.15, 0.2) is 10.3 Å². The lowest BCUT2D eigenvalue weighted by Gasteiger charge is -1.86. The summed E-state index contributed by atoms with van der Waals surface area (Å²) >= 11 is 7.69. The zero-order valence-electron chi connectivity index (χ0n) is 7.80. The summed E-state index contributed by atoms with van der Waals surface area (Å²) in [5.41, 5.74) is 5.22. The molecule has 1 aromatic rings. The largest absolute Gasteiger partial charge is 0.344 e. The third-order valence-electron chi connectivity index (χ3n) is 1.17.